The van der Waals surface area contributed by atoms with E-state index < -0.39 is 0 Å². The molecule has 0 atom stereocenters. The van der Waals surface area contributed by atoms with Crippen LogP contribution in [0.2, 0.25) is 0 Å². The second-order valence-corrected chi connectivity index (χ2v) is 2.04. The first-order chi connectivity index (χ1) is 6.17. The Morgan fingerprint density at radius 3 is 2.00 bits per heavy atom. The third-order valence-electron chi connectivity index (χ3n) is 1.38. The van der Waals surface area contributed by atoms with Crippen LogP contribution in [0.1, 0.15) is 13.3 Å². The largest absolute Gasteiger partial charge is 0.278 e. The van der Waals surface area contributed by atoms with Crippen molar-refractivity contribution in [1.29, 1.82) is 0 Å². The van der Waals surface area contributed by atoms with Gasteiger partial charge in [0.25, 0.3) is 5.91 Å². The average molecular weight is 208 g/mol. The fourth-order valence-corrected chi connectivity index (χ4v) is 0.624. The third kappa shape index (κ3) is 5.63. The van der Waals surface area contributed by atoms with Crippen molar-refractivity contribution in [1.82, 2.24) is 16.0 Å². The molecule has 0 fully saturated rings. The summed E-state index contributed by atoms with van der Waals surface area (Å²) in [7, 11) is 3.33. The fourth-order valence-electron chi connectivity index (χ4n) is 0.624. The first-order valence-electron chi connectivity index (χ1n) is 3.92. The first-order valence-corrected chi connectivity index (χ1v) is 4.67. The summed E-state index contributed by atoms with van der Waals surface area (Å²) in [5, 5.41) is 1.28. The van der Waals surface area contributed by atoms with Crippen LogP contribution in [0, 0.1) is 0 Å². The minimum Gasteiger partial charge on any atom is -0.267 e. The Balaban J connectivity index is 0. The number of hydrazine groups is 2. The molecule has 0 heterocycles. The van der Waals surface area contributed by atoms with Crippen molar-refractivity contribution in [3.8, 4) is 0 Å². The summed E-state index contributed by atoms with van der Waals surface area (Å²) in [6, 6.07) is 0. The van der Waals surface area contributed by atoms with Crippen molar-refractivity contribution in [2.24, 2.45) is 0 Å². The molecule has 0 bridgehead atoms. The van der Waals surface area contributed by atoms with Crippen LogP contribution < -0.4 is 10.9 Å². The number of halogens is 1. The molecule has 0 aromatic rings. The van der Waals surface area contributed by atoms with E-state index in [9.17, 15) is 4.79 Å². The number of rotatable bonds is 4. The summed E-state index contributed by atoms with van der Waals surface area (Å²) in [5.41, 5.74) is 5.93. The van der Waals surface area contributed by atoms with Crippen LogP contribution in [0.25, 0.3) is 0 Å². The number of carbonyl (C=O) groups excluding carboxylic acids is 1. The molecule has 0 aromatic heterocycles. The predicted octanol–water partition coefficient (Wildman–Crippen LogP) is 0.905. The molecular formula is C8H18ClN3O. The van der Waals surface area contributed by atoms with E-state index in [1.807, 2.05) is 6.92 Å². The molecule has 0 saturated heterocycles. The molecule has 2 N–H and O–H groups in total. The fraction of sp³-hybridized carbons (Fsp3) is 0.625. The molecule has 78 valence electrons. The van der Waals surface area contributed by atoms with Gasteiger partial charge in [-0.25, -0.2) is 16.0 Å². The van der Waals surface area contributed by atoms with Crippen molar-refractivity contribution in [2.45, 2.75) is 13.3 Å². The van der Waals surface area contributed by atoms with Gasteiger partial charge >= 0.3 is 0 Å². The molecular weight excluding hydrogens is 190 g/mol. The number of hydrogen-bond acceptors (Lipinski definition) is 3. The van der Waals surface area contributed by atoms with Crippen LogP contribution in [0.5, 0.6) is 0 Å². The summed E-state index contributed by atoms with van der Waals surface area (Å²) < 4.78 is 0. The smallest absolute Gasteiger partial charge is 0.267 e. The van der Waals surface area contributed by atoms with E-state index in [0.717, 1.165) is 0 Å². The molecule has 0 unspecified atom stereocenters. The van der Waals surface area contributed by atoms with E-state index in [-0.39, 0.29) is 5.91 Å². The monoisotopic (exact) mass is 207 g/mol. The van der Waals surface area contributed by atoms with Gasteiger partial charge in [0, 0.05) is 26.1 Å². The third-order valence-corrected chi connectivity index (χ3v) is 1.38. The minimum absolute atomic E-state index is 0.127. The van der Waals surface area contributed by atoms with Crippen molar-refractivity contribution in [3.63, 3.8) is 0 Å². The summed E-state index contributed by atoms with van der Waals surface area (Å²) in [6.07, 6.45) is 2.14. The molecule has 1 amide bonds. The van der Waals surface area contributed by atoms with E-state index in [4.69, 9.17) is 0 Å². The lowest BCUT2D eigenvalue weighted by Crippen LogP contribution is -2.48. The van der Waals surface area contributed by atoms with E-state index in [1.54, 1.807) is 14.1 Å². The van der Waals surface area contributed by atoms with Crippen molar-refractivity contribution < 1.29 is 4.79 Å². The first kappa shape index (κ1) is 14.9. The molecule has 0 aliphatic carbocycles. The molecule has 0 aliphatic heterocycles. The lowest BCUT2D eigenvalue weighted by atomic mass is 10.2. The lowest BCUT2D eigenvalue weighted by molar-refractivity contribution is -0.133. The number of nitrogens with zero attached hydrogens (tertiary/aromatic N) is 1. The summed E-state index contributed by atoms with van der Waals surface area (Å²) in [4.78, 5) is 11.2. The standard InChI is InChI=1S/C7H15N3O.CH3Cl/c1-5-6(2)7(11)10(8-3)9-4;1-2/h8-9H,2,5H2,1,3-4H3;1H3. The highest BCUT2D eigenvalue weighted by Crippen LogP contribution is 1.98. The van der Waals surface area contributed by atoms with Gasteiger partial charge in [-0.15, -0.1) is 11.6 Å². The van der Waals surface area contributed by atoms with Gasteiger partial charge < -0.3 is 0 Å². The van der Waals surface area contributed by atoms with E-state index >= 15 is 0 Å². The summed E-state index contributed by atoms with van der Waals surface area (Å²) >= 11 is 4.64. The number of hydrogen-bond donors (Lipinski definition) is 2. The highest BCUT2D eigenvalue weighted by Gasteiger charge is 2.11. The minimum atomic E-state index is -0.127. The molecule has 0 spiro atoms. The van der Waals surface area contributed by atoms with Crippen molar-refractivity contribution >= 4 is 17.5 Å². The van der Waals surface area contributed by atoms with Gasteiger partial charge in [-0.2, -0.15) is 0 Å². The van der Waals surface area contributed by atoms with Crippen LogP contribution in [0.4, 0.5) is 0 Å². The van der Waals surface area contributed by atoms with E-state index in [1.165, 1.54) is 11.5 Å². The molecule has 13 heavy (non-hydrogen) atoms. The highest BCUT2D eigenvalue weighted by molar-refractivity contribution is 6.15. The van der Waals surface area contributed by atoms with Crippen molar-refractivity contribution in [3.05, 3.63) is 12.2 Å². The van der Waals surface area contributed by atoms with Crippen LogP contribution in [-0.2, 0) is 4.79 Å². The van der Waals surface area contributed by atoms with E-state index in [0.29, 0.717) is 12.0 Å². The van der Waals surface area contributed by atoms with Crippen LogP contribution in [0.3, 0.4) is 0 Å². The van der Waals surface area contributed by atoms with Gasteiger partial charge in [-0.3, -0.25) is 4.79 Å². The molecule has 4 nitrogen and oxygen atoms in total. The number of alkyl halides is 1. The molecule has 0 aliphatic rings. The molecule has 0 rings (SSSR count). The molecule has 0 saturated carbocycles. The molecule has 0 aromatic carbocycles. The quantitative estimate of drug-likeness (QED) is 0.409. The maximum atomic E-state index is 11.2. The number of amides is 1. The van der Waals surface area contributed by atoms with Crippen LogP contribution in [-0.4, -0.2) is 31.5 Å². The molecule has 5 heteroatoms. The van der Waals surface area contributed by atoms with Gasteiger partial charge in [0.05, 0.1) is 0 Å². The van der Waals surface area contributed by atoms with Crippen LogP contribution >= 0.6 is 11.6 Å². The number of nitrogens with one attached hydrogen (secondary N) is 2. The van der Waals surface area contributed by atoms with Gasteiger partial charge in [0.1, 0.15) is 0 Å². The summed E-state index contributed by atoms with van der Waals surface area (Å²) in [6.45, 7) is 5.51. The Bertz CT molecular complexity index is 157. The maximum Gasteiger partial charge on any atom is 0.278 e. The zero-order valence-corrected chi connectivity index (χ0v) is 9.40. The SMILES string of the molecule is C=C(CC)C(=O)N(NC)NC.CCl. The average Bonchev–Trinajstić information content (AvgIpc) is 2.21. The second-order valence-electron chi connectivity index (χ2n) is 2.04. The Labute approximate surface area is 84.9 Å². The number of carbonyl (C=O) groups is 1. The lowest BCUT2D eigenvalue weighted by Gasteiger charge is -2.19. The Kier molecular flexibility index (Phi) is 10.9. The van der Waals surface area contributed by atoms with Gasteiger partial charge in [0.15, 0.2) is 0 Å². The second kappa shape index (κ2) is 9.51. The zero-order valence-electron chi connectivity index (χ0n) is 8.65. The summed E-state index contributed by atoms with van der Waals surface area (Å²) in [5.74, 6) is -0.127. The Hall–Kier alpha value is -0.580. The van der Waals surface area contributed by atoms with Crippen molar-refractivity contribution in [2.75, 3.05) is 20.5 Å². The zero-order chi connectivity index (χ0) is 10.9. The predicted molar refractivity (Wildman–Crippen MR) is 56.2 cm³/mol. The Morgan fingerprint density at radius 2 is 1.77 bits per heavy atom. The van der Waals surface area contributed by atoms with E-state index in [2.05, 4.69) is 29.0 Å². The van der Waals surface area contributed by atoms with Gasteiger partial charge in [0.2, 0.25) is 0 Å². The van der Waals surface area contributed by atoms with Gasteiger partial charge in [-0.05, 0) is 6.42 Å². The van der Waals surface area contributed by atoms with Gasteiger partial charge in [-0.1, -0.05) is 13.5 Å². The van der Waals surface area contributed by atoms with Crippen LogP contribution in [0.15, 0.2) is 12.2 Å². The molecule has 0 radical (unpaired) electrons. The Morgan fingerprint density at radius 1 is 1.38 bits per heavy atom. The topological polar surface area (TPSA) is 44.4 Å². The normalized spacial score (nSPS) is 8.38. The maximum absolute atomic E-state index is 11.2. The highest BCUT2D eigenvalue weighted by atomic mass is 35.5.